The summed E-state index contributed by atoms with van der Waals surface area (Å²) in [4.78, 5) is 25.0. The molecule has 5 nitrogen and oxygen atoms in total. The highest BCUT2D eigenvalue weighted by molar-refractivity contribution is 5.96. The van der Waals surface area contributed by atoms with Crippen molar-refractivity contribution in [1.82, 2.24) is 0 Å². The first-order valence-electron chi connectivity index (χ1n) is 7.90. The van der Waals surface area contributed by atoms with Gasteiger partial charge in [0.05, 0.1) is 7.11 Å². The lowest BCUT2D eigenvalue weighted by atomic mass is 10.00. The standard InChI is InChI=1S/C19H19NO4/c1-3-18(21)20-9-8-14-10-12(5-7-16(14)20)13-4-6-15(19(22)23)17(11-13)24-2/h4-7,10-11H,3,8-9H2,1-2H3,(H,22,23). The summed E-state index contributed by atoms with van der Waals surface area (Å²) in [7, 11) is 1.46. The van der Waals surface area contributed by atoms with Gasteiger partial charge in [-0.25, -0.2) is 4.79 Å². The molecule has 5 heteroatoms. The molecule has 0 fully saturated rings. The van der Waals surface area contributed by atoms with Crippen molar-refractivity contribution in [3.63, 3.8) is 0 Å². The van der Waals surface area contributed by atoms with Crippen LogP contribution < -0.4 is 9.64 Å². The van der Waals surface area contributed by atoms with Crippen molar-refractivity contribution in [2.45, 2.75) is 19.8 Å². The molecule has 0 atom stereocenters. The van der Waals surface area contributed by atoms with Gasteiger partial charge in [-0.3, -0.25) is 4.79 Å². The first-order valence-corrected chi connectivity index (χ1v) is 7.90. The van der Waals surface area contributed by atoms with Crippen LogP contribution in [0.4, 0.5) is 5.69 Å². The molecular weight excluding hydrogens is 306 g/mol. The van der Waals surface area contributed by atoms with Gasteiger partial charge in [-0.15, -0.1) is 0 Å². The topological polar surface area (TPSA) is 66.8 Å². The lowest BCUT2D eigenvalue weighted by Gasteiger charge is -2.16. The summed E-state index contributed by atoms with van der Waals surface area (Å²) in [5.74, 6) is -0.543. The van der Waals surface area contributed by atoms with Crippen LogP contribution in [0.25, 0.3) is 11.1 Å². The van der Waals surface area contributed by atoms with Crippen LogP contribution in [0.15, 0.2) is 36.4 Å². The van der Waals surface area contributed by atoms with Crippen LogP contribution in [0, 0.1) is 0 Å². The largest absolute Gasteiger partial charge is 0.496 e. The van der Waals surface area contributed by atoms with E-state index < -0.39 is 5.97 Å². The Bertz CT molecular complexity index is 813. The molecule has 0 aromatic heterocycles. The number of anilines is 1. The molecule has 0 radical (unpaired) electrons. The van der Waals surface area contributed by atoms with Crippen molar-refractivity contribution in [3.05, 3.63) is 47.5 Å². The maximum absolute atomic E-state index is 12.0. The number of methoxy groups -OCH3 is 1. The number of hydrogen-bond donors (Lipinski definition) is 1. The van der Waals surface area contributed by atoms with Gasteiger partial charge in [0.25, 0.3) is 0 Å². The van der Waals surface area contributed by atoms with Gasteiger partial charge in [0, 0.05) is 18.7 Å². The summed E-state index contributed by atoms with van der Waals surface area (Å²) < 4.78 is 5.19. The van der Waals surface area contributed by atoms with E-state index in [0.717, 1.165) is 28.8 Å². The second-order valence-electron chi connectivity index (χ2n) is 5.71. The fourth-order valence-corrected chi connectivity index (χ4v) is 3.08. The Hall–Kier alpha value is -2.82. The van der Waals surface area contributed by atoms with E-state index in [-0.39, 0.29) is 11.5 Å². The molecule has 1 amide bonds. The zero-order valence-corrected chi connectivity index (χ0v) is 13.7. The van der Waals surface area contributed by atoms with Crippen LogP contribution >= 0.6 is 0 Å². The van der Waals surface area contributed by atoms with Crippen molar-refractivity contribution >= 4 is 17.6 Å². The number of carbonyl (C=O) groups is 2. The number of carbonyl (C=O) groups excluding carboxylic acids is 1. The van der Waals surface area contributed by atoms with Crippen LogP contribution in [0.2, 0.25) is 0 Å². The molecule has 1 N–H and O–H groups in total. The number of benzene rings is 2. The van der Waals surface area contributed by atoms with Gasteiger partial charge < -0.3 is 14.7 Å². The predicted octanol–water partition coefficient (Wildman–Crippen LogP) is 3.36. The van der Waals surface area contributed by atoms with Gasteiger partial charge in [0.15, 0.2) is 0 Å². The number of carboxylic acid groups (broad SMARTS) is 1. The lowest BCUT2D eigenvalue weighted by molar-refractivity contribution is -0.118. The van der Waals surface area contributed by atoms with Crippen molar-refractivity contribution in [2.24, 2.45) is 0 Å². The third-order valence-electron chi connectivity index (χ3n) is 4.34. The zero-order valence-electron chi connectivity index (χ0n) is 13.7. The van der Waals surface area contributed by atoms with E-state index in [2.05, 4.69) is 6.07 Å². The van der Waals surface area contributed by atoms with Crippen LogP contribution in [0.5, 0.6) is 5.75 Å². The molecule has 0 bridgehead atoms. The summed E-state index contributed by atoms with van der Waals surface area (Å²) in [5, 5.41) is 9.17. The number of hydrogen-bond acceptors (Lipinski definition) is 3. The Morgan fingerprint density at radius 2 is 1.88 bits per heavy atom. The second-order valence-corrected chi connectivity index (χ2v) is 5.71. The molecule has 0 aliphatic carbocycles. The number of carboxylic acids is 1. The van der Waals surface area contributed by atoms with E-state index in [0.29, 0.717) is 18.7 Å². The number of nitrogens with zero attached hydrogens (tertiary/aromatic N) is 1. The molecule has 0 saturated carbocycles. The first-order chi connectivity index (χ1) is 11.5. The third kappa shape index (κ3) is 2.73. The van der Waals surface area contributed by atoms with E-state index in [4.69, 9.17) is 4.74 Å². The monoisotopic (exact) mass is 325 g/mol. The molecule has 1 aliphatic rings. The molecule has 3 rings (SSSR count). The van der Waals surface area contributed by atoms with Gasteiger partial charge in [-0.05, 0) is 47.4 Å². The molecule has 1 aliphatic heterocycles. The fraction of sp³-hybridized carbons (Fsp3) is 0.263. The number of ether oxygens (including phenoxy) is 1. The molecule has 2 aromatic rings. The predicted molar refractivity (Wildman–Crippen MR) is 91.7 cm³/mol. The van der Waals surface area contributed by atoms with E-state index >= 15 is 0 Å². The number of rotatable bonds is 4. The van der Waals surface area contributed by atoms with Crippen molar-refractivity contribution in [2.75, 3.05) is 18.6 Å². The van der Waals surface area contributed by atoms with E-state index in [1.807, 2.05) is 24.0 Å². The zero-order chi connectivity index (χ0) is 17.3. The Morgan fingerprint density at radius 1 is 1.17 bits per heavy atom. The van der Waals surface area contributed by atoms with Gasteiger partial charge >= 0.3 is 5.97 Å². The summed E-state index contributed by atoms with van der Waals surface area (Å²) in [6.45, 7) is 2.58. The lowest BCUT2D eigenvalue weighted by Crippen LogP contribution is -2.27. The Balaban J connectivity index is 1.98. The second kappa shape index (κ2) is 6.35. The average molecular weight is 325 g/mol. The summed E-state index contributed by atoms with van der Waals surface area (Å²) in [6, 6.07) is 11.0. The van der Waals surface area contributed by atoms with Crippen LogP contribution in [0.1, 0.15) is 29.3 Å². The number of fused-ring (bicyclic) bond motifs is 1. The third-order valence-corrected chi connectivity index (χ3v) is 4.34. The Labute approximate surface area is 140 Å². The molecule has 0 spiro atoms. The molecule has 124 valence electrons. The molecule has 0 unspecified atom stereocenters. The highest BCUT2D eigenvalue weighted by Gasteiger charge is 2.23. The van der Waals surface area contributed by atoms with Gasteiger partial charge in [-0.2, -0.15) is 0 Å². The molecule has 1 heterocycles. The van der Waals surface area contributed by atoms with Crippen LogP contribution in [-0.4, -0.2) is 30.6 Å². The van der Waals surface area contributed by atoms with Crippen LogP contribution in [-0.2, 0) is 11.2 Å². The number of aromatic carboxylic acids is 1. The van der Waals surface area contributed by atoms with Crippen LogP contribution in [0.3, 0.4) is 0 Å². The van der Waals surface area contributed by atoms with Gasteiger partial charge in [0.1, 0.15) is 11.3 Å². The minimum absolute atomic E-state index is 0.133. The van der Waals surface area contributed by atoms with Crippen molar-refractivity contribution in [1.29, 1.82) is 0 Å². The van der Waals surface area contributed by atoms with Gasteiger partial charge in [0.2, 0.25) is 5.91 Å². The Morgan fingerprint density at radius 3 is 2.54 bits per heavy atom. The highest BCUT2D eigenvalue weighted by Crippen LogP contribution is 2.34. The minimum atomic E-state index is -1.01. The molecule has 0 saturated heterocycles. The molecular formula is C19H19NO4. The van der Waals surface area contributed by atoms with Crippen molar-refractivity contribution in [3.8, 4) is 16.9 Å². The highest BCUT2D eigenvalue weighted by atomic mass is 16.5. The summed E-state index contributed by atoms with van der Waals surface area (Å²) >= 11 is 0. The van der Waals surface area contributed by atoms with E-state index in [9.17, 15) is 14.7 Å². The minimum Gasteiger partial charge on any atom is -0.496 e. The smallest absolute Gasteiger partial charge is 0.339 e. The number of amides is 1. The maximum Gasteiger partial charge on any atom is 0.339 e. The first kappa shape index (κ1) is 16.1. The SMILES string of the molecule is CCC(=O)N1CCc2cc(-c3ccc(C(=O)O)c(OC)c3)ccc21. The Kier molecular flexibility index (Phi) is 4.25. The molecule has 2 aromatic carbocycles. The van der Waals surface area contributed by atoms with Crippen molar-refractivity contribution < 1.29 is 19.4 Å². The summed E-state index contributed by atoms with van der Waals surface area (Å²) in [6.07, 6.45) is 1.33. The van der Waals surface area contributed by atoms with E-state index in [1.165, 1.54) is 7.11 Å². The average Bonchev–Trinajstić information content (AvgIpc) is 3.03. The maximum atomic E-state index is 12.0. The van der Waals surface area contributed by atoms with Gasteiger partial charge in [-0.1, -0.05) is 19.1 Å². The fourth-order valence-electron chi connectivity index (χ4n) is 3.08. The molecule has 24 heavy (non-hydrogen) atoms. The summed E-state index contributed by atoms with van der Waals surface area (Å²) in [5.41, 5.74) is 4.12. The quantitative estimate of drug-likeness (QED) is 0.936. The normalized spacial score (nSPS) is 12.8. The van der Waals surface area contributed by atoms with E-state index in [1.54, 1.807) is 18.2 Å².